The van der Waals surface area contributed by atoms with Gasteiger partial charge >= 0.3 is 0 Å². The summed E-state index contributed by atoms with van der Waals surface area (Å²) >= 11 is 0. The summed E-state index contributed by atoms with van der Waals surface area (Å²) in [6.45, 7) is 1.38. The molecule has 1 saturated heterocycles. The fourth-order valence-electron chi connectivity index (χ4n) is 2.38. The monoisotopic (exact) mass is 273 g/mol. The highest BCUT2D eigenvalue weighted by molar-refractivity contribution is 5.84. The van der Waals surface area contributed by atoms with Gasteiger partial charge in [-0.25, -0.2) is 4.98 Å². The fourth-order valence-corrected chi connectivity index (χ4v) is 2.38. The quantitative estimate of drug-likeness (QED) is 0.928. The SMILES string of the molecule is CNc1nc(OCC2CCCCO2)c2ccccc2n1. The predicted octanol–water partition coefficient (Wildman–Crippen LogP) is 2.62. The molecule has 2 heterocycles. The van der Waals surface area contributed by atoms with E-state index in [2.05, 4.69) is 15.3 Å². The van der Waals surface area contributed by atoms with Gasteiger partial charge in [-0.1, -0.05) is 12.1 Å². The molecule has 1 aromatic heterocycles. The fraction of sp³-hybridized carbons (Fsp3) is 0.467. The summed E-state index contributed by atoms with van der Waals surface area (Å²) in [5.41, 5.74) is 0.881. The number of nitrogens with zero attached hydrogens (tertiary/aromatic N) is 2. The van der Waals surface area contributed by atoms with Crippen LogP contribution in [-0.2, 0) is 4.74 Å². The number of nitrogens with one attached hydrogen (secondary N) is 1. The van der Waals surface area contributed by atoms with Crippen LogP contribution in [0.4, 0.5) is 5.95 Å². The van der Waals surface area contributed by atoms with E-state index in [0.29, 0.717) is 18.4 Å². The second-order valence-corrected chi connectivity index (χ2v) is 4.92. The van der Waals surface area contributed by atoms with Crippen LogP contribution in [0.3, 0.4) is 0 Å². The van der Waals surface area contributed by atoms with Crippen LogP contribution in [0.15, 0.2) is 24.3 Å². The van der Waals surface area contributed by atoms with Gasteiger partial charge in [-0.3, -0.25) is 0 Å². The van der Waals surface area contributed by atoms with E-state index in [1.54, 1.807) is 7.05 Å². The average molecular weight is 273 g/mol. The van der Waals surface area contributed by atoms with E-state index in [9.17, 15) is 0 Å². The lowest BCUT2D eigenvalue weighted by Crippen LogP contribution is -2.26. The summed E-state index contributed by atoms with van der Waals surface area (Å²) < 4.78 is 11.6. The van der Waals surface area contributed by atoms with Crippen molar-refractivity contribution < 1.29 is 9.47 Å². The zero-order chi connectivity index (χ0) is 13.8. The van der Waals surface area contributed by atoms with E-state index in [-0.39, 0.29) is 6.10 Å². The van der Waals surface area contributed by atoms with Gasteiger partial charge in [-0.15, -0.1) is 0 Å². The maximum Gasteiger partial charge on any atom is 0.226 e. The lowest BCUT2D eigenvalue weighted by Gasteiger charge is -2.22. The van der Waals surface area contributed by atoms with E-state index >= 15 is 0 Å². The van der Waals surface area contributed by atoms with Crippen molar-refractivity contribution in [2.45, 2.75) is 25.4 Å². The summed E-state index contributed by atoms with van der Waals surface area (Å²) in [7, 11) is 1.80. The number of ether oxygens (including phenoxy) is 2. The van der Waals surface area contributed by atoms with E-state index in [1.165, 1.54) is 6.42 Å². The van der Waals surface area contributed by atoms with Crippen molar-refractivity contribution in [3.05, 3.63) is 24.3 Å². The van der Waals surface area contributed by atoms with Gasteiger partial charge in [-0.05, 0) is 31.4 Å². The molecule has 20 heavy (non-hydrogen) atoms. The van der Waals surface area contributed by atoms with E-state index in [0.717, 1.165) is 30.4 Å². The van der Waals surface area contributed by atoms with E-state index in [4.69, 9.17) is 9.47 Å². The second-order valence-electron chi connectivity index (χ2n) is 4.92. The Kier molecular flexibility index (Phi) is 3.97. The van der Waals surface area contributed by atoms with Crippen molar-refractivity contribution >= 4 is 16.9 Å². The van der Waals surface area contributed by atoms with Crippen LogP contribution in [0.2, 0.25) is 0 Å². The summed E-state index contributed by atoms with van der Waals surface area (Å²) in [4.78, 5) is 8.82. The zero-order valence-corrected chi connectivity index (χ0v) is 11.6. The average Bonchev–Trinajstić information content (AvgIpc) is 2.53. The van der Waals surface area contributed by atoms with Gasteiger partial charge in [0.2, 0.25) is 11.8 Å². The molecule has 5 nitrogen and oxygen atoms in total. The molecule has 3 rings (SSSR count). The highest BCUT2D eigenvalue weighted by Gasteiger charge is 2.16. The Balaban J connectivity index is 1.81. The Hall–Kier alpha value is -1.88. The third-order valence-corrected chi connectivity index (χ3v) is 3.47. The Morgan fingerprint density at radius 1 is 1.30 bits per heavy atom. The van der Waals surface area contributed by atoms with Crippen LogP contribution in [0.1, 0.15) is 19.3 Å². The minimum atomic E-state index is 0.176. The summed E-state index contributed by atoms with van der Waals surface area (Å²) in [6.07, 6.45) is 3.59. The minimum Gasteiger partial charge on any atom is -0.474 e. The second kappa shape index (κ2) is 6.05. The molecule has 1 N–H and O–H groups in total. The molecule has 1 atom stereocenters. The molecule has 0 amide bonds. The molecule has 1 aliphatic rings. The Labute approximate surface area is 118 Å². The van der Waals surface area contributed by atoms with Gasteiger partial charge in [0.05, 0.1) is 17.0 Å². The van der Waals surface area contributed by atoms with Gasteiger partial charge in [0.15, 0.2) is 0 Å². The smallest absolute Gasteiger partial charge is 0.226 e. The summed E-state index contributed by atoms with van der Waals surface area (Å²) in [5.74, 6) is 1.19. The molecule has 2 aromatic rings. The molecule has 1 aliphatic heterocycles. The first-order chi connectivity index (χ1) is 9.86. The number of hydrogen-bond acceptors (Lipinski definition) is 5. The third kappa shape index (κ3) is 2.82. The Bertz CT molecular complexity index is 582. The van der Waals surface area contributed by atoms with Gasteiger partial charge < -0.3 is 14.8 Å². The maximum atomic E-state index is 5.89. The van der Waals surface area contributed by atoms with E-state index in [1.807, 2.05) is 24.3 Å². The number of aromatic nitrogens is 2. The van der Waals surface area contributed by atoms with Crippen LogP contribution in [0, 0.1) is 0 Å². The molecular formula is C15H19N3O2. The van der Waals surface area contributed by atoms with Crippen molar-refractivity contribution in [1.29, 1.82) is 0 Å². The van der Waals surface area contributed by atoms with Gasteiger partial charge in [-0.2, -0.15) is 4.98 Å². The lowest BCUT2D eigenvalue weighted by molar-refractivity contribution is -0.0116. The van der Waals surface area contributed by atoms with Gasteiger partial charge in [0.1, 0.15) is 6.61 Å². The maximum absolute atomic E-state index is 5.89. The van der Waals surface area contributed by atoms with Crippen LogP contribution in [-0.4, -0.2) is 36.3 Å². The van der Waals surface area contributed by atoms with Gasteiger partial charge in [0, 0.05) is 13.7 Å². The first-order valence-corrected chi connectivity index (χ1v) is 7.06. The van der Waals surface area contributed by atoms with E-state index < -0.39 is 0 Å². The first kappa shape index (κ1) is 13.1. The van der Waals surface area contributed by atoms with Crippen molar-refractivity contribution in [2.24, 2.45) is 0 Å². The molecule has 1 aromatic carbocycles. The first-order valence-electron chi connectivity index (χ1n) is 7.06. The normalized spacial score (nSPS) is 18.9. The Morgan fingerprint density at radius 3 is 3.00 bits per heavy atom. The van der Waals surface area contributed by atoms with Crippen LogP contribution in [0.25, 0.3) is 10.9 Å². The highest BCUT2D eigenvalue weighted by Crippen LogP contribution is 2.24. The topological polar surface area (TPSA) is 56.3 Å². The van der Waals surface area contributed by atoms with Crippen molar-refractivity contribution in [1.82, 2.24) is 9.97 Å². The van der Waals surface area contributed by atoms with Crippen molar-refractivity contribution in [3.63, 3.8) is 0 Å². The van der Waals surface area contributed by atoms with Crippen LogP contribution >= 0.6 is 0 Å². The molecule has 1 fully saturated rings. The summed E-state index contributed by atoms with van der Waals surface area (Å²) in [6, 6.07) is 7.87. The molecule has 106 valence electrons. The molecule has 0 saturated carbocycles. The number of benzene rings is 1. The van der Waals surface area contributed by atoms with Crippen molar-refractivity contribution in [3.8, 4) is 5.88 Å². The van der Waals surface area contributed by atoms with Crippen LogP contribution < -0.4 is 10.1 Å². The summed E-state index contributed by atoms with van der Waals surface area (Å²) in [5, 5.41) is 3.90. The van der Waals surface area contributed by atoms with Gasteiger partial charge in [0.25, 0.3) is 0 Å². The lowest BCUT2D eigenvalue weighted by atomic mass is 10.1. The Morgan fingerprint density at radius 2 is 2.20 bits per heavy atom. The minimum absolute atomic E-state index is 0.176. The zero-order valence-electron chi connectivity index (χ0n) is 11.6. The van der Waals surface area contributed by atoms with Crippen molar-refractivity contribution in [2.75, 3.05) is 25.6 Å². The number of rotatable bonds is 4. The number of para-hydroxylation sites is 1. The molecule has 1 unspecified atom stereocenters. The third-order valence-electron chi connectivity index (χ3n) is 3.47. The largest absolute Gasteiger partial charge is 0.474 e. The van der Waals surface area contributed by atoms with Crippen LogP contribution in [0.5, 0.6) is 5.88 Å². The highest BCUT2D eigenvalue weighted by atomic mass is 16.5. The molecule has 0 radical (unpaired) electrons. The molecular weight excluding hydrogens is 254 g/mol. The molecule has 0 aliphatic carbocycles. The molecule has 0 bridgehead atoms. The number of hydrogen-bond donors (Lipinski definition) is 1. The predicted molar refractivity (Wildman–Crippen MR) is 78.2 cm³/mol. The number of anilines is 1. The number of fused-ring (bicyclic) bond motifs is 1. The molecule has 5 heteroatoms. The molecule has 0 spiro atoms. The standard InChI is InChI=1S/C15H19N3O2/c1-16-15-17-13-8-3-2-7-12(13)14(18-15)20-10-11-6-4-5-9-19-11/h2-3,7-8,11H,4-6,9-10H2,1H3,(H,16,17,18).